The number of hydrogen-bond donors (Lipinski definition) is 0. The molecule has 2 heterocycles. The molecule has 0 spiro atoms. The molecule has 3 rings (SSSR count). The fourth-order valence-corrected chi connectivity index (χ4v) is 2.99. The molecular weight excluding hydrogens is 240 g/mol. The van der Waals surface area contributed by atoms with Crippen molar-refractivity contribution in [1.29, 1.82) is 0 Å². The van der Waals surface area contributed by atoms with Crippen LogP contribution in [0.15, 0.2) is 30.4 Å². The highest BCUT2D eigenvalue weighted by Crippen LogP contribution is 2.33. The van der Waals surface area contributed by atoms with Crippen molar-refractivity contribution in [1.82, 2.24) is 4.90 Å². The minimum atomic E-state index is 0.0851. The molecule has 1 atom stereocenters. The number of carbonyl (C=O) groups is 1. The van der Waals surface area contributed by atoms with Gasteiger partial charge in [-0.15, -0.1) is 0 Å². The van der Waals surface area contributed by atoms with Crippen molar-refractivity contribution in [3.63, 3.8) is 0 Å². The SMILES string of the molecule is C=C1CC2CN(C)c3ccc(OC)cc3C(=O)N2C1. The van der Waals surface area contributed by atoms with Crippen molar-refractivity contribution >= 4 is 11.6 Å². The van der Waals surface area contributed by atoms with E-state index in [1.54, 1.807) is 7.11 Å². The van der Waals surface area contributed by atoms with Crippen LogP contribution >= 0.6 is 0 Å². The van der Waals surface area contributed by atoms with Gasteiger partial charge in [0.1, 0.15) is 5.75 Å². The molecule has 0 aliphatic carbocycles. The Morgan fingerprint density at radius 3 is 2.95 bits per heavy atom. The summed E-state index contributed by atoms with van der Waals surface area (Å²) in [7, 11) is 3.65. The van der Waals surface area contributed by atoms with Crippen LogP contribution in [0.4, 0.5) is 5.69 Å². The zero-order chi connectivity index (χ0) is 13.6. The van der Waals surface area contributed by atoms with Crippen LogP contribution in [0.2, 0.25) is 0 Å². The van der Waals surface area contributed by atoms with Crippen molar-refractivity contribution < 1.29 is 9.53 Å². The van der Waals surface area contributed by atoms with Gasteiger partial charge in [-0.25, -0.2) is 0 Å². The highest BCUT2D eigenvalue weighted by Gasteiger charge is 2.36. The Kier molecular flexibility index (Phi) is 2.73. The standard InChI is InChI=1S/C15H18N2O2/c1-10-6-11-9-16(2)14-5-4-12(19-3)7-13(14)15(18)17(11)8-10/h4-5,7,11H,1,6,8-9H2,2-3H3. The molecule has 1 aromatic carbocycles. The van der Waals surface area contributed by atoms with Gasteiger partial charge in [-0.05, 0) is 24.6 Å². The molecule has 0 saturated carbocycles. The van der Waals surface area contributed by atoms with E-state index in [0.717, 1.165) is 35.5 Å². The Labute approximate surface area is 113 Å². The van der Waals surface area contributed by atoms with E-state index in [9.17, 15) is 4.79 Å². The van der Waals surface area contributed by atoms with E-state index < -0.39 is 0 Å². The average molecular weight is 258 g/mol. The van der Waals surface area contributed by atoms with Crippen LogP contribution in [0.1, 0.15) is 16.8 Å². The van der Waals surface area contributed by atoms with Crippen molar-refractivity contribution in [3.05, 3.63) is 35.9 Å². The number of hydrogen-bond acceptors (Lipinski definition) is 3. The van der Waals surface area contributed by atoms with Gasteiger partial charge in [0.05, 0.1) is 18.7 Å². The summed E-state index contributed by atoms with van der Waals surface area (Å²) in [6.07, 6.45) is 0.904. The van der Waals surface area contributed by atoms with Gasteiger partial charge in [0, 0.05) is 25.8 Å². The van der Waals surface area contributed by atoms with Gasteiger partial charge in [0.2, 0.25) is 0 Å². The molecule has 0 bridgehead atoms. The zero-order valence-corrected chi connectivity index (χ0v) is 11.3. The summed E-state index contributed by atoms with van der Waals surface area (Å²) >= 11 is 0. The molecule has 100 valence electrons. The van der Waals surface area contributed by atoms with Gasteiger partial charge in [-0.3, -0.25) is 4.79 Å². The molecule has 1 unspecified atom stereocenters. The van der Waals surface area contributed by atoms with Gasteiger partial charge >= 0.3 is 0 Å². The van der Waals surface area contributed by atoms with Gasteiger partial charge in [0.15, 0.2) is 0 Å². The smallest absolute Gasteiger partial charge is 0.256 e. The molecule has 19 heavy (non-hydrogen) atoms. The van der Waals surface area contributed by atoms with E-state index in [0.29, 0.717) is 6.54 Å². The molecule has 2 aliphatic heterocycles. The van der Waals surface area contributed by atoms with Gasteiger partial charge in [-0.1, -0.05) is 12.2 Å². The number of nitrogens with zero attached hydrogens (tertiary/aromatic N) is 2. The topological polar surface area (TPSA) is 32.8 Å². The Morgan fingerprint density at radius 2 is 2.21 bits per heavy atom. The van der Waals surface area contributed by atoms with E-state index in [4.69, 9.17) is 4.74 Å². The van der Waals surface area contributed by atoms with Crippen LogP contribution in [0.25, 0.3) is 0 Å². The molecule has 4 heteroatoms. The molecule has 0 aromatic heterocycles. The molecule has 2 aliphatic rings. The Balaban J connectivity index is 2.08. The summed E-state index contributed by atoms with van der Waals surface area (Å²) in [6.45, 7) is 5.55. The molecule has 4 nitrogen and oxygen atoms in total. The lowest BCUT2D eigenvalue weighted by atomic mass is 10.1. The quantitative estimate of drug-likeness (QED) is 0.721. The molecule has 1 aromatic rings. The van der Waals surface area contributed by atoms with Gasteiger partial charge in [0.25, 0.3) is 5.91 Å². The van der Waals surface area contributed by atoms with Crippen LogP contribution in [0.3, 0.4) is 0 Å². The second-order valence-corrected chi connectivity index (χ2v) is 5.30. The molecule has 1 saturated heterocycles. The maximum atomic E-state index is 12.7. The van der Waals surface area contributed by atoms with Crippen LogP contribution in [-0.2, 0) is 0 Å². The zero-order valence-electron chi connectivity index (χ0n) is 11.3. The van der Waals surface area contributed by atoms with E-state index in [1.165, 1.54) is 0 Å². The van der Waals surface area contributed by atoms with Crippen LogP contribution < -0.4 is 9.64 Å². The first-order valence-electron chi connectivity index (χ1n) is 6.47. The minimum Gasteiger partial charge on any atom is -0.497 e. The Morgan fingerprint density at radius 1 is 1.42 bits per heavy atom. The normalized spacial score (nSPS) is 22.1. The number of anilines is 1. The summed E-state index contributed by atoms with van der Waals surface area (Å²) < 4.78 is 5.23. The maximum absolute atomic E-state index is 12.7. The number of rotatable bonds is 1. The van der Waals surface area contributed by atoms with Crippen molar-refractivity contribution in [2.75, 3.05) is 32.1 Å². The van der Waals surface area contributed by atoms with Crippen molar-refractivity contribution in [2.45, 2.75) is 12.5 Å². The van der Waals surface area contributed by atoms with E-state index >= 15 is 0 Å². The summed E-state index contributed by atoms with van der Waals surface area (Å²) in [4.78, 5) is 16.8. The summed E-state index contributed by atoms with van der Waals surface area (Å²) in [6, 6.07) is 5.93. The molecular formula is C15H18N2O2. The van der Waals surface area contributed by atoms with Crippen molar-refractivity contribution in [3.8, 4) is 5.75 Å². The third kappa shape index (κ3) is 1.87. The number of benzene rings is 1. The first-order chi connectivity index (χ1) is 9.10. The number of carbonyl (C=O) groups excluding carboxylic acids is 1. The number of ether oxygens (including phenoxy) is 1. The molecule has 0 radical (unpaired) electrons. The first-order valence-corrected chi connectivity index (χ1v) is 6.47. The third-order valence-corrected chi connectivity index (χ3v) is 3.95. The molecule has 0 N–H and O–H groups in total. The Bertz CT molecular complexity index is 553. The summed E-state index contributed by atoms with van der Waals surface area (Å²) in [5.41, 5.74) is 2.84. The predicted molar refractivity (Wildman–Crippen MR) is 74.8 cm³/mol. The lowest BCUT2D eigenvalue weighted by Gasteiger charge is -2.24. The fraction of sp³-hybridized carbons (Fsp3) is 0.400. The summed E-state index contributed by atoms with van der Waals surface area (Å²) in [5, 5.41) is 0. The largest absolute Gasteiger partial charge is 0.497 e. The minimum absolute atomic E-state index is 0.0851. The van der Waals surface area contributed by atoms with Crippen LogP contribution in [0.5, 0.6) is 5.75 Å². The van der Waals surface area contributed by atoms with E-state index in [2.05, 4.69) is 11.5 Å². The molecule has 1 fully saturated rings. The average Bonchev–Trinajstić information content (AvgIpc) is 2.73. The van der Waals surface area contributed by atoms with Crippen LogP contribution in [0, 0.1) is 0 Å². The van der Waals surface area contributed by atoms with Gasteiger partial charge < -0.3 is 14.5 Å². The maximum Gasteiger partial charge on any atom is 0.256 e. The second kappa shape index (κ2) is 4.30. The summed E-state index contributed by atoms with van der Waals surface area (Å²) in [5.74, 6) is 0.805. The van der Waals surface area contributed by atoms with Crippen molar-refractivity contribution in [2.24, 2.45) is 0 Å². The lowest BCUT2D eigenvalue weighted by Crippen LogP contribution is -2.38. The monoisotopic (exact) mass is 258 g/mol. The predicted octanol–water partition coefficient (Wildman–Crippen LogP) is 1.92. The van der Waals surface area contributed by atoms with E-state index in [-0.39, 0.29) is 11.9 Å². The second-order valence-electron chi connectivity index (χ2n) is 5.30. The number of fused-ring (bicyclic) bond motifs is 2. The Hall–Kier alpha value is -1.97. The van der Waals surface area contributed by atoms with Gasteiger partial charge in [-0.2, -0.15) is 0 Å². The van der Waals surface area contributed by atoms with Crippen LogP contribution in [-0.4, -0.2) is 44.1 Å². The third-order valence-electron chi connectivity index (χ3n) is 3.95. The number of methoxy groups -OCH3 is 1. The first kappa shape index (κ1) is 12.1. The number of amides is 1. The highest BCUT2D eigenvalue weighted by molar-refractivity contribution is 6.01. The number of likely N-dealkylation sites (N-methyl/N-ethyl adjacent to an activating group) is 1. The fourth-order valence-electron chi connectivity index (χ4n) is 2.99. The highest BCUT2D eigenvalue weighted by atomic mass is 16.5. The van der Waals surface area contributed by atoms with E-state index in [1.807, 2.05) is 30.1 Å². The lowest BCUT2D eigenvalue weighted by molar-refractivity contribution is 0.0751. The molecule has 1 amide bonds.